The number of hydrogen-bond acceptors (Lipinski definition) is 2. The highest BCUT2D eigenvalue weighted by Gasteiger charge is 2.06. The van der Waals surface area contributed by atoms with Gasteiger partial charge < -0.3 is 15.4 Å². The minimum Gasteiger partial charge on any atom is -0.491 e. The predicted octanol–water partition coefficient (Wildman–Crippen LogP) is 3.63. The molecule has 2 N–H and O–H groups in total. The average Bonchev–Trinajstić information content (AvgIpc) is 2.52. The van der Waals surface area contributed by atoms with Gasteiger partial charge in [-0.15, -0.1) is 0 Å². The standard InChI is InChI=1S/C19H23FN2O2/c1-13-10-14(2)18(15(3)11-13)24-9-8-21-19(23)22-12-16-6-4-5-7-17(16)20/h4-7,10-11H,8-9,12H2,1-3H3,(H2,21,22,23). The Bertz CT molecular complexity index is 693. The van der Waals surface area contributed by atoms with Crippen LogP contribution in [0, 0.1) is 26.6 Å². The molecular weight excluding hydrogens is 307 g/mol. The van der Waals surface area contributed by atoms with E-state index in [1.165, 1.54) is 11.6 Å². The first-order chi connectivity index (χ1) is 11.5. The van der Waals surface area contributed by atoms with Crippen LogP contribution < -0.4 is 15.4 Å². The number of carbonyl (C=O) groups is 1. The van der Waals surface area contributed by atoms with Crippen LogP contribution in [-0.4, -0.2) is 19.2 Å². The van der Waals surface area contributed by atoms with Crippen molar-refractivity contribution in [2.45, 2.75) is 27.3 Å². The van der Waals surface area contributed by atoms with E-state index in [1.807, 2.05) is 20.8 Å². The van der Waals surface area contributed by atoms with E-state index in [2.05, 4.69) is 22.8 Å². The summed E-state index contributed by atoms with van der Waals surface area (Å²) >= 11 is 0. The van der Waals surface area contributed by atoms with Crippen LogP contribution in [0.2, 0.25) is 0 Å². The highest BCUT2D eigenvalue weighted by molar-refractivity contribution is 5.73. The maximum atomic E-state index is 13.4. The van der Waals surface area contributed by atoms with Crippen molar-refractivity contribution in [2.24, 2.45) is 0 Å². The van der Waals surface area contributed by atoms with Gasteiger partial charge in [0.25, 0.3) is 0 Å². The molecule has 0 saturated heterocycles. The van der Waals surface area contributed by atoms with Crippen LogP contribution in [-0.2, 0) is 6.54 Å². The minimum absolute atomic E-state index is 0.148. The third kappa shape index (κ3) is 4.98. The van der Waals surface area contributed by atoms with Crippen molar-refractivity contribution in [3.05, 3.63) is 64.5 Å². The monoisotopic (exact) mass is 330 g/mol. The first-order valence-electron chi connectivity index (χ1n) is 7.93. The van der Waals surface area contributed by atoms with Crippen molar-refractivity contribution in [1.82, 2.24) is 10.6 Å². The fraction of sp³-hybridized carbons (Fsp3) is 0.316. The SMILES string of the molecule is Cc1cc(C)c(OCCNC(=O)NCc2ccccc2F)c(C)c1. The second-order valence-electron chi connectivity index (χ2n) is 5.78. The van der Waals surface area contributed by atoms with Gasteiger partial charge in [0.2, 0.25) is 0 Å². The lowest BCUT2D eigenvalue weighted by atomic mass is 10.1. The van der Waals surface area contributed by atoms with E-state index >= 15 is 0 Å². The predicted molar refractivity (Wildman–Crippen MR) is 92.8 cm³/mol. The molecule has 2 aromatic rings. The molecular formula is C19H23FN2O2. The van der Waals surface area contributed by atoms with Gasteiger partial charge in [-0.05, 0) is 38.0 Å². The molecule has 0 fully saturated rings. The molecule has 0 aliphatic carbocycles. The molecule has 0 aromatic heterocycles. The van der Waals surface area contributed by atoms with Crippen molar-refractivity contribution in [1.29, 1.82) is 0 Å². The second-order valence-corrected chi connectivity index (χ2v) is 5.78. The van der Waals surface area contributed by atoms with E-state index in [-0.39, 0.29) is 18.4 Å². The average molecular weight is 330 g/mol. The van der Waals surface area contributed by atoms with Gasteiger partial charge in [0.1, 0.15) is 18.2 Å². The Morgan fingerprint density at radius 1 is 1.08 bits per heavy atom. The lowest BCUT2D eigenvalue weighted by Crippen LogP contribution is -2.37. The highest BCUT2D eigenvalue weighted by Crippen LogP contribution is 2.24. The van der Waals surface area contributed by atoms with Crippen molar-refractivity contribution < 1.29 is 13.9 Å². The fourth-order valence-electron chi connectivity index (χ4n) is 2.59. The first kappa shape index (κ1) is 17.8. The van der Waals surface area contributed by atoms with Crippen LogP contribution in [0.5, 0.6) is 5.75 Å². The summed E-state index contributed by atoms with van der Waals surface area (Å²) in [7, 11) is 0. The number of nitrogens with one attached hydrogen (secondary N) is 2. The zero-order valence-electron chi connectivity index (χ0n) is 14.3. The number of amides is 2. The Kier molecular flexibility index (Phi) is 6.18. The molecule has 0 spiro atoms. The van der Waals surface area contributed by atoms with Crippen LogP contribution in [0.3, 0.4) is 0 Å². The molecule has 0 atom stereocenters. The number of halogens is 1. The maximum absolute atomic E-state index is 13.4. The van der Waals surface area contributed by atoms with E-state index in [1.54, 1.807) is 18.2 Å². The largest absolute Gasteiger partial charge is 0.491 e. The molecule has 0 aliphatic heterocycles. The van der Waals surface area contributed by atoms with Gasteiger partial charge in [-0.3, -0.25) is 0 Å². The Morgan fingerprint density at radius 3 is 2.42 bits per heavy atom. The van der Waals surface area contributed by atoms with Gasteiger partial charge in [-0.1, -0.05) is 35.9 Å². The van der Waals surface area contributed by atoms with Gasteiger partial charge >= 0.3 is 6.03 Å². The molecule has 0 heterocycles. The molecule has 24 heavy (non-hydrogen) atoms. The molecule has 0 unspecified atom stereocenters. The fourth-order valence-corrected chi connectivity index (χ4v) is 2.59. The summed E-state index contributed by atoms with van der Waals surface area (Å²) in [5.41, 5.74) is 3.81. The number of benzene rings is 2. The van der Waals surface area contributed by atoms with Crippen molar-refractivity contribution in [3.8, 4) is 5.75 Å². The topological polar surface area (TPSA) is 50.4 Å². The van der Waals surface area contributed by atoms with E-state index in [0.29, 0.717) is 18.7 Å². The summed E-state index contributed by atoms with van der Waals surface area (Å²) in [6, 6.07) is 10.1. The molecule has 5 heteroatoms. The maximum Gasteiger partial charge on any atom is 0.315 e. The first-order valence-corrected chi connectivity index (χ1v) is 7.93. The van der Waals surface area contributed by atoms with Crippen LogP contribution in [0.4, 0.5) is 9.18 Å². The number of hydrogen-bond donors (Lipinski definition) is 2. The summed E-state index contributed by atoms with van der Waals surface area (Å²) in [6.45, 7) is 6.95. The summed E-state index contributed by atoms with van der Waals surface area (Å²) < 4.78 is 19.2. The molecule has 128 valence electrons. The van der Waals surface area contributed by atoms with Gasteiger partial charge in [-0.25, -0.2) is 9.18 Å². The molecule has 0 saturated carbocycles. The van der Waals surface area contributed by atoms with E-state index in [4.69, 9.17) is 4.74 Å². The van der Waals surface area contributed by atoms with Crippen LogP contribution >= 0.6 is 0 Å². The number of aryl methyl sites for hydroxylation is 3. The van der Waals surface area contributed by atoms with Gasteiger partial charge in [0, 0.05) is 12.1 Å². The Balaban J connectivity index is 1.73. The zero-order valence-corrected chi connectivity index (χ0v) is 14.3. The molecule has 0 bridgehead atoms. The third-order valence-corrected chi connectivity index (χ3v) is 3.64. The number of rotatable bonds is 6. The molecule has 2 amide bonds. The van der Waals surface area contributed by atoms with Crippen LogP contribution in [0.25, 0.3) is 0 Å². The lowest BCUT2D eigenvalue weighted by molar-refractivity contribution is 0.236. The second kappa shape index (κ2) is 8.34. The normalized spacial score (nSPS) is 10.3. The van der Waals surface area contributed by atoms with E-state index in [9.17, 15) is 9.18 Å². The minimum atomic E-state index is -0.348. The Labute approximate surface area is 142 Å². The van der Waals surface area contributed by atoms with Crippen molar-refractivity contribution >= 4 is 6.03 Å². The van der Waals surface area contributed by atoms with Crippen molar-refractivity contribution in [3.63, 3.8) is 0 Å². The lowest BCUT2D eigenvalue weighted by Gasteiger charge is -2.14. The smallest absolute Gasteiger partial charge is 0.315 e. The van der Waals surface area contributed by atoms with E-state index in [0.717, 1.165) is 16.9 Å². The van der Waals surface area contributed by atoms with Gasteiger partial charge in [0.05, 0.1) is 6.54 Å². The molecule has 4 nitrogen and oxygen atoms in total. The van der Waals surface area contributed by atoms with E-state index < -0.39 is 0 Å². The number of ether oxygens (including phenoxy) is 1. The highest BCUT2D eigenvalue weighted by atomic mass is 19.1. The molecule has 0 radical (unpaired) electrons. The summed E-state index contributed by atoms with van der Waals surface area (Å²) in [5, 5.41) is 5.32. The number of carbonyl (C=O) groups excluding carboxylic acids is 1. The summed E-state index contributed by atoms with van der Waals surface area (Å²) in [4.78, 5) is 11.7. The van der Waals surface area contributed by atoms with Crippen molar-refractivity contribution in [2.75, 3.05) is 13.2 Å². The third-order valence-electron chi connectivity index (χ3n) is 3.64. The number of urea groups is 1. The quantitative estimate of drug-likeness (QED) is 0.795. The molecule has 2 aromatic carbocycles. The molecule has 0 aliphatic rings. The summed E-state index contributed by atoms with van der Waals surface area (Å²) in [5.74, 6) is 0.528. The van der Waals surface area contributed by atoms with Gasteiger partial charge in [0.15, 0.2) is 0 Å². The molecule has 2 rings (SSSR count). The summed E-state index contributed by atoms with van der Waals surface area (Å²) in [6.07, 6.45) is 0. The van der Waals surface area contributed by atoms with Gasteiger partial charge in [-0.2, -0.15) is 0 Å². The Hall–Kier alpha value is -2.56. The Morgan fingerprint density at radius 2 is 1.75 bits per heavy atom. The zero-order chi connectivity index (χ0) is 17.5. The van der Waals surface area contributed by atoms with Crippen LogP contribution in [0.1, 0.15) is 22.3 Å². The van der Waals surface area contributed by atoms with Crippen LogP contribution in [0.15, 0.2) is 36.4 Å².